The quantitative estimate of drug-likeness (QED) is 0.434. The zero-order valence-corrected chi connectivity index (χ0v) is 9.01. The SMILES string of the molecule is C/C=C(\Sc1ccccc1)C(=O)OC. The lowest BCUT2D eigenvalue weighted by Gasteiger charge is -2.03. The molecule has 0 spiro atoms. The molecule has 0 heterocycles. The van der Waals surface area contributed by atoms with Crippen molar-refractivity contribution in [2.75, 3.05) is 7.11 Å². The van der Waals surface area contributed by atoms with Gasteiger partial charge in [0.2, 0.25) is 0 Å². The van der Waals surface area contributed by atoms with Crippen molar-refractivity contribution in [3.05, 3.63) is 41.3 Å². The highest BCUT2D eigenvalue weighted by atomic mass is 32.2. The van der Waals surface area contributed by atoms with Gasteiger partial charge in [-0.1, -0.05) is 36.0 Å². The molecule has 0 bridgehead atoms. The third kappa shape index (κ3) is 2.92. The molecular formula is C11H12O2S. The molecule has 14 heavy (non-hydrogen) atoms. The Kier molecular flexibility index (Phi) is 4.26. The van der Waals surface area contributed by atoms with Gasteiger partial charge >= 0.3 is 5.97 Å². The fourth-order valence-electron chi connectivity index (χ4n) is 0.935. The Balaban J connectivity index is 2.73. The van der Waals surface area contributed by atoms with Crippen LogP contribution in [0.25, 0.3) is 0 Å². The lowest BCUT2D eigenvalue weighted by molar-refractivity contribution is -0.135. The highest BCUT2D eigenvalue weighted by Crippen LogP contribution is 2.26. The smallest absolute Gasteiger partial charge is 0.344 e. The van der Waals surface area contributed by atoms with Gasteiger partial charge in [0.1, 0.15) is 0 Å². The number of esters is 1. The second-order valence-electron chi connectivity index (χ2n) is 2.56. The van der Waals surface area contributed by atoms with Gasteiger partial charge in [0.15, 0.2) is 0 Å². The van der Waals surface area contributed by atoms with Crippen LogP contribution in [0.3, 0.4) is 0 Å². The average molecular weight is 208 g/mol. The summed E-state index contributed by atoms with van der Waals surface area (Å²) in [6.45, 7) is 1.82. The summed E-state index contributed by atoms with van der Waals surface area (Å²) in [5, 5.41) is 0. The molecule has 0 unspecified atom stereocenters. The first-order valence-electron chi connectivity index (χ1n) is 4.25. The molecule has 0 radical (unpaired) electrons. The first-order chi connectivity index (χ1) is 6.77. The van der Waals surface area contributed by atoms with Gasteiger partial charge < -0.3 is 4.74 Å². The lowest BCUT2D eigenvalue weighted by atomic mass is 10.4. The van der Waals surface area contributed by atoms with Gasteiger partial charge in [0.05, 0.1) is 12.0 Å². The molecule has 0 atom stereocenters. The minimum absolute atomic E-state index is 0.290. The number of carbonyl (C=O) groups is 1. The largest absolute Gasteiger partial charge is 0.465 e. The summed E-state index contributed by atoms with van der Waals surface area (Å²) < 4.78 is 4.65. The standard InChI is InChI=1S/C11H12O2S/c1-3-10(11(12)13-2)14-9-7-5-4-6-8-9/h3-8H,1-2H3/b10-3-. The number of benzene rings is 1. The van der Waals surface area contributed by atoms with E-state index in [-0.39, 0.29) is 5.97 Å². The number of hydrogen-bond donors (Lipinski definition) is 0. The number of methoxy groups -OCH3 is 1. The van der Waals surface area contributed by atoms with Crippen LogP contribution < -0.4 is 0 Å². The predicted octanol–water partition coefficient (Wildman–Crippen LogP) is 2.86. The van der Waals surface area contributed by atoms with E-state index >= 15 is 0 Å². The molecule has 2 nitrogen and oxygen atoms in total. The number of carbonyl (C=O) groups excluding carboxylic acids is 1. The summed E-state index contributed by atoms with van der Waals surface area (Å²) in [5.41, 5.74) is 0. The van der Waals surface area contributed by atoms with Gasteiger partial charge in [-0.25, -0.2) is 4.79 Å². The fourth-order valence-corrected chi connectivity index (χ4v) is 1.77. The summed E-state index contributed by atoms with van der Waals surface area (Å²) in [6.07, 6.45) is 1.75. The first kappa shape index (κ1) is 10.9. The van der Waals surface area contributed by atoms with E-state index in [1.54, 1.807) is 6.08 Å². The topological polar surface area (TPSA) is 26.3 Å². The highest BCUT2D eigenvalue weighted by Gasteiger charge is 2.09. The lowest BCUT2D eigenvalue weighted by Crippen LogP contribution is -2.01. The van der Waals surface area contributed by atoms with Gasteiger partial charge in [0, 0.05) is 4.90 Å². The molecule has 1 aromatic carbocycles. The summed E-state index contributed by atoms with van der Waals surface area (Å²) >= 11 is 1.41. The Labute approximate surface area is 88.0 Å². The van der Waals surface area contributed by atoms with E-state index in [2.05, 4.69) is 4.74 Å². The Bertz CT molecular complexity index is 330. The van der Waals surface area contributed by atoms with Gasteiger partial charge in [-0.15, -0.1) is 0 Å². The molecule has 1 aromatic rings. The van der Waals surface area contributed by atoms with E-state index in [0.29, 0.717) is 4.91 Å². The minimum atomic E-state index is -0.290. The predicted molar refractivity (Wildman–Crippen MR) is 58.1 cm³/mol. The van der Waals surface area contributed by atoms with Crippen molar-refractivity contribution >= 4 is 17.7 Å². The summed E-state index contributed by atoms with van der Waals surface area (Å²) in [5.74, 6) is -0.290. The van der Waals surface area contributed by atoms with Gasteiger partial charge in [-0.2, -0.15) is 0 Å². The number of ether oxygens (including phenoxy) is 1. The van der Waals surface area contributed by atoms with Crippen LogP contribution in [0, 0.1) is 0 Å². The van der Waals surface area contributed by atoms with Crippen LogP contribution >= 0.6 is 11.8 Å². The first-order valence-corrected chi connectivity index (χ1v) is 5.07. The van der Waals surface area contributed by atoms with Crippen molar-refractivity contribution in [2.45, 2.75) is 11.8 Å². The van der Waals surface area contributed by atoms with E-state index in [0.717, 1.165) is 4.90 Å². The van der Waals surface area contributed by atoms with Gasteiger partial charge in [-0.3, -0.25) is 0 Å². The Hall–Kier alpha value is -1.22. The molecular weight excluding hydrogens is 196 g/mol. The monoisotopic (exact) mass is 208 g/mol. The van der Waals surface area contributed by atoms with Crippen LogP contribution in [-0.4, -0.2) is 13.1 Å². The van der Waals surface area contributed by atoms with Crippen LogP contribution in [0.2, 0.25) is 0 Å². The van der Waals surface area contributed by atoms with Crippen molar-refractivity contribution < 1.29 is 9.53 Å². The maximum absolute atomic E-state index is 11.2. The van der Waals surface area contributed by atoms with Crippen LogP contribution in [0.5, 0.6) is 0 Å². The van der Waals surface area contributed by atoms with Crippen molar-refractivity contribution in [1.29, 1.82) is 0 Å². The Morgan fingerprint density at radius 3 is 2.50 bits per heavy atom. The number of thioether (sulfide) groups is 1. The molecule has 0 saturated heterocycles. The molecule has 0 saturated carbocycles. The molecule has 0 aliphatic heterocycles. The van der Waals surface area contributed by atoms with E-state index in [1.165, 1.54) is 18.9 Å². The molecule has 0 N–H and O–H groups in total. The second-order valence-corrected chi connectivity index (χ2v) is 3.67. The average Bonchev–Trinajstić information content (AvgIpc) is 2.26. The van der Waals surface area contributed by atoms with E-state index in [9.17, 15) is 4.79 Å². The van der Waals surface area contributed by atoms with Crippen molar-refractivity contribution in [1.82, 2.24) is 0 Å². The summed E-state index contributed by atoms with van der Waals surface area (Å²) in [4.78, 5) is 12.9. The third-order valence-corrected chi connectivity index (χ3v) is 2.75. The van der Waals surface area contributed by atoms with Crippen LogP contribution in [0.4, 0.5) is 0 Å². The van der Waals surface area contributed by atoms with Crippen molar-refractivity contribution in [3.8, 4) is 0 Å². The maximum atomic E-state index is 11.2. The summed E-state index contributed by atoms with van der Waals surface area (Å²) in [6, 6.07) is 9.73. The zero-order valence-electron chi connectivity index (χ0n) is 8.19. The molecule has 74 valence electrons. The number of hydrogen-bond acceptors (Lipinski definition) is 3. The van der Waals surface area contributed by atoms with Crippen LogP contribution in [0.15, 0.2) is 46.2 Å². The second kappa shape index (κ2) is 5.50. The fraction of sp³-hybridized carbons (Fsp3) is 0.182. The Morgan fingerprint density at radius 2 is 2.00 bits per heavy atom. The van der Waals surface area contributed by atoms with Crippen LogP contribution in [-0.2, 0) is 9.53 Å². The van der Waals surface area contributed by atoms with Gasteiger partial charge in [-0.05, 0) is 19.1 Å². The number of allylic oxidation sites excluding steroid dienone is 1. The molecule has 1 rings (SSSR count). The zero-order chi connectivity index (χ0) is 10.4. The molecule has 0 aliphatic rings. The van der Waals surface area contributed by atoms with E-state index in [1.807, 2.05) is 37.3 Å². The molecule has 0 aromatic heterocycles. The maximum Gasteiger partial charge on any atom is 0.344 e. The molecule has 3 heteroatoms. The summed E-state index contributed by atoms with van der Waals surface area (Å²) in [7, 11) is 1.39. The third-order valence-electron chi connectivity index (χ3n) is 1.62. The normalized spacial score (nSPS) is 11.1. The number of rotatable bonds is 3. The van der Waals surface area contributed by atoms with E-state index < -0.39 is 0 Å². The molecule has 0 amide bonds. The van der Waals surface area contributed by atoms with Crippen molar-refractivity contribution in [2.24, 2.45) is 0 Å². The van der Waals surface area contributed by atoms with Crippen molar-refractivity contribution in [3.63, 3.8) is 0 Å². The highest BCUT2D eigenvalue weighted by molar-refractivity contribution is 8.04. The molecule has 0 fully saturated rings. The Morgan fingerprint density at radius 1 is 1.36 bits per heavy atom. The van der Waals surface area contributed by atoms with E-state index in [4.69, 9.17) is 0 Å². The minimum Gasteiger partial charge on any atom is -0.465 e. The van der Waals surface area contributed by atoms with Gasteiger partial charge in [0.25, 0.3) is 0 Å². The van der Waals surface area contributed by atoms with Crippen LogP contribution in [0.1, 0.15) is 6.92 Å². The molecule has 0 aliphatic carbocycles.